The van der Waals surface area contributed by atoms with E-state index in [2.05, 4.69) is 24.8 Å². The molecule has 1 atom stereocenters. The van der Waals surface area contributed by atoms with Gasteiger partial charge in [0.2, 0.25) is 0 Å². The molecule has 0 amide bonds. The summed E-state index contributed by atoms with van der Waals surface area (Å²) in [5, 5.41) is 0. The lowest BCUT2D eigenvalue weighted by Gasteiger charge is -2.15. The van der Waals surface area contributed by atoms with Gasteiger partial charge in [-0.3, -0.25) is 9.13 Å². The molecule has 1 heterocycles. The van der Waals surface area contributed by atoms with E-state index in [0.717, 1.165) is 18.6 Å². The number of nitrogens with zero attached hydrogens (tertiary/aromatic N) is 2. The van der Waals surface area contributed by atoms with Crippen molar-refractivity contribution >= 4 is 12.6 Å². The van der Waals surface area contributed by atoms with Crippen molar-refractivity contribution in [3.63, 3.8) is 0 Å². The van der Waals surface area contributed by atoms with Gasteiger partial charge in [-0.25, -0.2) is 4.79 Å². The van der Waals surface area contributed by atoms with Gasteiger partial charge in [0.25, 0.3) is 0 Å². The summed E-state index contributed by atoms with van der Waals surface area (Å²) < 4.78 is 3.67. The first-order valence-electron chi connectivity index (χ1n) is 6.72. The first-order chi connectivity index (χ1) is 9.29. The minimum Gasteiger partial charge on any atom is -0.299 e. The quantitative estimate of drug-likeness (QED) is 0.834. The molecule has 0 aliphatic heterocycles. The Bertz CT molecular complexity index is 598. The molecular weight excluding hydrogens is 256 g/mol. The molecule has 1 aliphatic rings. The summed E-state index contributed by atoms with van der Waals surface area (Å²) in [7, 11) is 0. The largest absolute Gasteiger partial charge is 0.328 e. The zero-order chi connectivity index (χ0) is 13.2. The summed E-state index contributed by atoms with van der Waals surface area (Å²) in [5.74, 6) is 1.02. The molecule has 3 nitrogen and oxygen atoms in total. The van der Waals surface area contributed by atoms with Gasteiger partial charge in [0.1, 0.15) is 0 Å². The van der Waals surface area contributed by atoms with Crippen molar-refractivity contribution in [3.8, 4) is 0 Å². The van der Waals surface area contributed by atoms with Crippen LogP contribution in [0.1, 0.15) is 30.4 Å². The number of hydrogen-bond acceptors (Lipinski definition) is 2. The van der Waals surface area contributed by atoms with Crippen LogP contribution in [0, 0.1) is 0 Å². The highest BCUT2D eigenvalue weighted by atomic mass is 32.1. The van der Waals surface area contributed by atoms with Gasteiger partial charge in [-0.2, -0.15) is 12.6 Å². The van der Waals surface area contributed by atoms with Crippen LogP contribution in [-0.2, 0) is 6.54 Å². The third-order valence-corrected chi connectivity index (χ3v) is 4.16. The first-order valence-corrected chi connectivity index (χ1v) is 7.36. The normalized spacial score (nSPS) is 16.5. The predicted octanol–water partition coefficient (Wildman–Crippen LogP) is 2.70. The van der Waals surface area contributed by atoms with Crippen LogP contribution in [0.4, 0.5) is 0 Å². The maximum absolute atomic E-state index is 12.2. The van der Waals surface area contributed by atoms with Crippen LogP contribution >= 0.6 is 12.6 Å². The molecule has 1 saturated carbocycles. The highest BCUT2D eigenvalue weighted by molar-refractivity contribution is 7.80. The highest BCUT2D eigenvalue weighted by Gasteiger charge is 2.25. The maximum atomic E-state index is 12.2. The molecule has 3 rings (SSSR count). The lowest BCUT2D eigenvalue weighted by atomic mass is 10.0. The van der Waals surface area contributed by atoms with Crippen molar-refractivity contribution in [2.45, 2.75) is 31.3 Å². The molecular formula is C15H18N2OS. The minimum atomic E-state index is 0.116. The Labute approximate surface area is 118 Å². The van der Waals surface area contributed by atoms with Crippen molar-refractivity contribution in [2.75, 3.05) is 5.75 Å². The summed E-state index contributed by atoms with van der Waals surface area (Å²) >= 11 is 4.43. The van der Waals surface area contributed by atoms with Gasteiger partial charge in [0, 0.05) is 30.9 Å². The van der Waals surface area contributed by atoms with Crippen LogP contribution in [0.15, 0.2) is 47.5 Å². The molecule has 0 N–H and O–H groups in total. The number of thiol groups is 1. The van der Waals surface area contributed by atoms with Crippen molar-refractivity contribution in [3.05, 3.63) is 58.8 Å². The van der Waals surface area contributed by atoms with Crippen molar-refractivity contribution < 1.29 is 0 Å². The second-order valence-corrected chi connectivity index (χ2v) is 5.53. The third kappa shape index (κ3) is 2.63. The summed E-state index contributed by atoms with van der Waals surface area (Å²) in [4.78, 5) is 12.2. The molecule has 0 bridgehead atoms. The van der Waals surface area contributed by atoms with Crippen LogP contribution in [-0.4, -0.2) is 14.9 Å². The summed E-state index contributed by atoms with van der Waals surface area (Å²) in [5.41, 5.74) is 1.36. The average molecular weight is 274 g/mol. The van der Waals surface area contributed by atoms with Gasteiger partial charge in [-0.1, -0.05) is 30.3 Å². The summed E-state index contributed by atoms with van der Waals surface area (Å²) in [6.07, 6.45) is 6.10. The Morgan fingerprint density at radius 1 is 1.21 bits per heavy atom. The van der Waals surface area contributed by atoms with Crippen LogP contribution in [0.5, 0.6) is 0 Å². The molecule has 1 unspecified atom stereocenters. The van der Waals surface area contributed by atoms with Crippen molar-refractivity contribution in [1.29, 1.82) is 0 Å². The SMILES string of the molecule is O=c1n(CC(CS)c2ccccc2)ccn1C1CC1. The van der Waals surface area contributed by atoms with Crippen LogP contribution in [0.25, 0.3) is 0 Å². The maximum Gasteiger partial charge on any atom is 0.328 e. The van der Waals surface area contributed by atoms with Gasteiger partial charge >= 0.3 is 5.69 Å². The average Bonchev–Trinajstić information content (AvgIpc) is 3.22. The molecule has 4 heteroatoms. The molecule has 19 heavy (non-hydrogen) atoms. The Morgan fingerprint density at radius 2 is 1.95 bits per heavy atom. The fourth-order valence-corrected chi connectivity index (χ4v) is 2.76. The smallest absolute Gasteiger partial charge is 0.299 e. The molecule has 0 spiro atoms. The molecule has 2 aromatic rings. The van der Waals surface area contributed by atoms with E-state index in [-0.39, 0.29) is 11.6 Å². The van der Waals surface area contributed by atoms with E-state index in [1.807, 2.05) is 39.7 Å². The third-order valence-electron chi connectivity index (χ3n) is 3.72. The fraction of sp³-hybridized carbons (Fsp3) is 0.400. The molecule has 100 valence electrons. The molecule has 0 saturated heterocycles. The molecule has 1 fully saturated rings. The number of aromatic nitrogens is 2. The molecule has 1 aromatic heterocycles. The second kappa shape index (κ2) is 5.29. The van der Waals surface area contributed by atoms with Gasteiger partial charge in [-0.05, 0) is 24.2 Å². The topological polar surface area (TPSA) is 26.9 Å². The zero-order valence-corrected chi connectivity index (χ0v) is 11.7. The number of hydrogen-bond donors (Lipinski definition) is 1. The van der Waals surface area contributed by atoms with E-state index in [1.165, 1.54) is 5.56 Å². The Balaban J connectivity index is 1.81. The predicted molar refractivity (Wildman–Crippen MR) is 80.0 cm³/mol. The lowest BCUT2D eigenvalue weighted by Crippen LogP contribution is -2.26. The first kappa shape index (κ1) is 12.6. The van der Waals surface area contributed by atoms with Gasteiger partial charge in [0.15, 0.2) is 0 Å². The monoisotopic (exact) mass is 274 g/mol. The summed E-state index contributed by atoms with van der Waals surface area (Å²) in [6.45, 7) is 0.700. The minimum absolute atomic E-state index is 0.116. The van der Waals surface area contributed by atoms with E-state index < -0.39 is 0 Å². The number of rotatable bonds is 5. The lowest BCUT2D eigenvalue weighted by molar-refractivity contribution is 0.566. The van der Waals surface area contributed by atoms with Gasteiger partial charge < -0.3 is 0 Å². The fourth-order valence-electron chi connectivity index (χ4n) is 2.43. The van der Waals surface area contributed by atoms with Crippen LogP contribution < -0.4 is 5.69 Å². The number of imidazole rings is 1. The zero-order valence-electron chi connectivity index (χ0n) is 10.8. The van der Waals surface area contributed by atoms with Gasteiger partial charge in [-0.15, -0.1) is 0 Å². The van der Waals surface area contributed by atoms with E-state index in [4.69, 9.17) is 0 Å². The number of benzene rings is 1. The second-order valence-electron chi connectivity index (χ2n) is 5.16. The van der Waals surface area contributed by atoms with Crippen LogP contribution in [0.3, 0.4) is 0 Å². The Kier molecular flexibility index (Phi) is 3.51. The van der Waals surface area contributed by atoms with E-state index in [0.29, 0.717) is 12.6 Å². The highest BCUT2D eigenvalue weighted by Crippen LogP contribution is 2.33. The van der Waals surface area contributed by atoms with Gasteiger partial charge in [0.05, 0.1) is 0 Å². The Hall–Kier alpha value is -1.42. The van der Waals surface area contributed by atoms with E-state index in [9.17, 15) is 4.79 Å². The van der Waals surface area contributed by atoms with Crippen molar-refractivity contribution in [2.24, 2.45) is 0 Å². The molecule has 0 radical (unpaired) electrons. The molecule has 1 aromatic carbocycles. The van der Waals surface area contributed by atoms with Crippen molar-refractivity contribution in [1.82, 2.24) is 9.13 Å². The van der Waals surface area contributed by atoms with E-state index >= 15 is 0 Å². The Morgan fingerprint density at radius 3 is 2.58 bits per heavy atom. The van der Waals surface area contributed by atoms with E-state index in [1.54, 1.807) is 0 Å². The summed E-state index contributed by atoms with van der Waals surface area (Å²) in [6, 6.07) is 10.7. The molecule has 1 aliphatic carbocycles. The van der Waals surface area contributed by atoms with Crippen LogP contribution in [0.2, 0.25) is 0 Å². The standard InChI is InChI=1S/C15H18N2OS/c18-15-16(8-9-17(15)14-6-7-14)10-13(11-19)12-4-2-1-3-5-12/h1-5,8-9,13-14,19H,6-7,10-11H2.